The highest BCUT2D eigenvalue weighted by Crippen LogP contribution is 2.49. The molecule has 0 fully saturated rings. The van der Waals surface area contributed by atoms with Gasteiger partial charge in [-0.1, -0.05) is 162 Å². The highest BCUT2D eigenvalue weighted by molar-refractivity contribution is 7.34. The van der Waals surface area contributed by atoms with Crippen LogP contribution in [0.15, 0.2) is 12.1 Å². The third-order valence-electron chi connectivity index (χ3n) is 13.9. The van der Waals surface area contributed by atoms with Gasteiger partial charge in [0.1, 0.15) is 16.1 Å². The van der Waals surface area contributed by atoms with Crippen LogP contribution < -0.4 is 9.00 Å². The van der Waals surface area contributed by atoms with Crippen LogP contribution in [0.25, 0.3) is 20.2 Å². The molecule has 3 rings (SSSR count). The predicted octanol–water partition coefficient (Wildman–Crippen LogP) is 16.2. The maximum Gasteiger partial charge on any atom is 0.107 e. The molecule has 0 saturated carbocycles. The molecule has 1 aromatic carbocycles. The standard InChI is InChI=1S/C46H82S2Si2/c1-17-21-23-37(19-3)25-27-39-41-29-43(49(31(5)6,32(7)8)33(9)10)48-46(41)40(28-26-38(20-4)24-22-18-2)42-30-44(47-45(39)42)50(34(11)12,35(13)14)36(15)16/h29-38H,17-28H2,1-16H3. The molecule has 0 spiro atoms. The number of rotatable bonds is 22. The highest BCUT2D eigenvalue weighted by Gasteiger charge is 2.47. The fraction of sp³-hybridized carbons (Fsp3) is 0.783. The molecule has 0 aliphatic heterocycles. The van der Waals surface area contributed by atoms with Crippen LogP contribution in [0.1, 0.15) is 186 Å². The summed E-state index contributed by atoms with van der Waals surface area (Å²) >= 11 is 4.58. The number of hydrogen-bond donors (Lipinski definition) is 0. The van der Waals surface area contributed by atoms with Gasteiger partial charge in [-0.25, -0.2) is 0 Å². The smallest absolute Gasteiger partial charge is 0.107 e. The Morgan fingerprint density at radius 2 is 0.760 bits per heavy atom. The lowest BCUT2D eigenvalue weighted by Crippen LogP contribution is -2.54. The van der Waals surface area contributed by atoms with Crippen molar-refractivity contribution in [2.24, 2.45) is 11.8 Å². The Morgan fingerprint density at radius 3 is 1.00 bits per heavy atom. The van der Waals surface area contributed by atoms with Gasteiger partial charge in [0.25, 0.3) is 0 Å². The van der Waals surface area contributed by atoms with E-state index in [4.69, 9.17) is 0 Å². The molecular formula is C46H82S2Si2. The molecule has 0 aliphatic rings. The summed E-state index contributed by atoms with van der Waals surface area (Å²) in [7, 11) is -3.57. The summed E-state index contributed by atoms with van der Waals surface area (Å²) < 4.78 is 7.01. The summed E-state index contributed by atoms with van der Waals surface area (Å²) in [6.45, 7) is 40.4. The normalized spacial score (nSPS) is 14.7. The van der Waals surface area contributed by atoms with E-state index in [1.54, 1.807) is 40.3 Å². The molecule has 2 atom stereocenters. The molecule has 0 aliphatic carbocycles. The van der Waals surface area contributed by atoms with Crippen molar-refractivity contribution < 1.29 is 0 Å². The summed E-state index contributed by atoms with van der Waals surface area (Å²) in [6.07, 6.45) is 16.0. The monoisotopic (exact) mass is 755 g/mol. The fourth-order valence-electron chi connectivity index (χ4n) is 11.3. The van der Waals surface area contributed by atoms with E-state index >= 15 is 0 Å². The molecule has 0 saturated heterocycles. The third-order valence-corrected chi connectivity index (χ3v) is 32.1. The summed E-state index contributed by atoms with van der Waals surface area (Å²) in [4.78, 5) is 0. The average molecular weight is 755 g/mol. The second-order valence-corrected chi connectivity index (χ2v) is 32.9. The molecule has 50 heavy (non-hydrogen) atoms. The number of unbranched alkanes of at least 4 members (excludes halogenated alkanes) is 2. The number of fused-ring (bicyclic) bond motifs is 2. The van der Waals surface area contributed by atoms with Crippen LogP contribution in [-0.4, -0.2) is 16.1 Å². The Morgan fingerprint density at radius 1 is 0.460 bits per heavy atom. The summed E-state index contributed by atoms with van der Waals surface area (Å²) in [6, 6.07) is 5.67. The molecule has 3 aromatic rings. The zero-order chi connectivity index (χ0) is 37.6. The van der Waals surface area contributed by atoms with Crippen molar-refractivity contribution >= 4 is 68.0 Å². The minimum atomic E-state index is -1.78. The lowest BCUT2D eigenvalue weighted by Gasteiger charge is -2.42. The van der Waals surface area contributed by atoms with Gasteiger partial charge in [-0.3, -0.25) is 0 Å². The first-order valence-corrected chi connectivity index (χ1v) is 27.7. The Kier molecular flexibility index (Phi) is 16.9. The second kappa shape index (κ2) is 19.2. The molecule has 4 heteroatoms. The van der Waals surface area contributed by atoms with Crippen LogP contribution in [0.4, 0.5) is 0 Å². The minimum Gasteiger partial charge on any atom is -0.145 e. The highest BCUT2D eigenvalue weighted by atomic mass is 32.1. The molecule has 0 amide bonds. The first-order valence-electron chi connectivity index (χ1n) is 21.6. The van der Waals surface area contributed by atoms with Crippen LogP contribution in [0.5, 0.6) is 0 Å². The number of benzene rings is 1. The van der Waals surface area contributed by atoms with Gasteiger partial charge >= 0.3 is 0 Å². The molecule has 2 heterocycles. The van der Waals surface area contributed by atoms with Gasteiger partial charge in [0.2, 0.25) is 0 Å². The Hall–Kier alpha value is -0.426. The zero-order valence-electron chi connectivity index (χ0n) is 36.1. The molecule has 0 N–H and O–H groups in total. The van der Waals surface area contributed by atoms with Gasteiger partial charge in [0, 0.05) is 9.40 Å². The number of aryl methyl sites for hydroxylation is 2. The molecule has 2 aromatic heterocycles. The first kappa shape index (κ1) is 44.0. The van der Waals surface area contributed by atoms with Crippen molar-refractivity contribution in [2.45, 2.75) is 221 Å². The summed E-state index contributed by atoms with van der Waals surface area (Å²) in [5.41, 5.74) is 7.91. The quantitative estimate of drug-likeness (QED) is 0.0896. The third kappa shape index (κ3) is 8.59. The lowest BCUT2D eigenvalue weighted by molar-refractivity contribution is 0.422. The van der Waals surface area contributed by atoms with Crippen molar-refractivity contribution in [1.29, 1.82) is 0 Å². The number of hydrogen-bond acceptors (Lipinski definition) is 2. The van der Waals surface area contributed by atoms with E-state index in [-0.39, 0.29) is 0 Å². The van der Waals surface area contributed by atoms with E-state index < -0.39 is 16.1 Å². The van der Waals surface area contributed by atoms with Crippen LogP contribution >= 0.6 is 22.7 Å². The van der Waals surface area contributed by atoms with Crippen LogP contribution in [0, 0.1) is 11.8 Å². The van der Waals surface area contributed by atoms with Crippen molar-refractivity contribution in [3.63, 3.8) is 0 Å². The zero-order valence-corrected chi connectivity index (χ0v) is 39.7. The van der Waals surface area contributed by atoms with Crippen molar-refractivity contribution in [3.8, 4) is 0 Å². The van der Waals surface area contributed by atoms with Crippen molar-refractivity contribution in [1.82, 2.24) is 0 Å². The molecule has 2 unspecified atom stereocenters. The van der Waals surface area contributed by atoms with E-state index in [1.165, 1.54) is 77.0 Å². The molecule has 286 valence electrons. The molecule has 0 radical (unpaired) electrons. The molecular weight excluding hydrogens is 673 g/mol. The number of thiophene rings is 2. The van der Waals surface area contributed by atoms with Crippen molar-refractivity contribution in [2.75, 3.05) is 0 Å². The van der Waals surface area contributed by atoms with Crippen LogP contribution in [0.2, 0.25) is 33.2 Å². The predicted molar refractivity (Wildman–Crippen MR) is 242 cm³/mol. The van der Waals surface area contributed by atoms with Gasteiger partial charge in [-0.05, 0) is 114 Å². The second-order valence-electron chi connectivity index (χ2n) is 18.4. The van der Waals surface area contributed by atoms with Crippen LogP contribution in [0.3, 0.4) is 0 Å². The topological polar surface area (TPSA) is 0 Å². The van der Waals surface area contributed by atoms with Crippen molar-refractivity contribution in [3.05, 3.63) is 23.3 Å². The Balaban J connectivity index is 2.50. The average Bonchev–Trinajstić information content (AvgIpc) is 3.66. The van der Waals surface area contributed by atoms with Gasteiger partial charge in [-0.2, -0.15) is 0 Å². The van der Waals surface area contributed by atoms with Gasteiger partial charge in [0.15, 0.2) is 0 Å². The minimum absolute atomic E-state index is 0.738. The van der Waals surface area contributed by atoms with E-state index in [2.05, 4.69) is 146 Å². The largest absolute Gasteiger partial charge is 0.145 e. The maximum absolute atomic E-state index is 2.84. The lowest BCUT2D eigenvalue weighted by atomic mass is 9.88. The maximum atomic E-state index is 2.84. The Bertz CT molecular complexity index is 1250. The van der Waals surface area contributed by atoms with E-state index in [0.29, 0.717) is 0 Å². The van der Waals surface area contributed by atoms with E-state index in [0.717, 1.165) is 45.1 Å². The van der Waals surface area contributed by atoms with Gasteiger partial charge < -0.3 is 0 Å². The van der Waals surface area contributed by atoms with E-state index in [9.17, 15) is 0 Å². The Labute approximate surface area is 322 Å². The van der Waals surface area contributed by atoms with Gasteiger partial charge in [0.05, 0.1) is 0 Å². The first-order chi connectivity index (χ1) is 23.6. The van der Waals surface area contributed by atoms with E-state index in [1.807, 2.05) is 0 Å². The summed E-state index contributed by atoms with van der Waals surface area (Å²) in [5.74, 6) is 1.68. The van der Waals surface area contributed by atoms with Gasteiger partial charge in [-0.15, -0.1) is 22.7 Å². The SMILES string of the molecule is CCCCC(CC)CCc1c2cc([Si](C(C)C)(C(C)C)C(C)C)sc2c(CCC(CC)CCCC)c2cc([Si](C(C)C)(C(C)C)C(C)C)sc12. The van der Waals surface area contributed by atoms with Crippen LogP contribution in [-0.2, 0) is 12.8 Å². The molecule has 0 nitrogen and oxygen atoms in total. The summed E-state index contributed by atoms with van der Waals surface area (Å²) in [5, 5.41) is 3.36. The fourth-order valence-corrected chi connectivity index (χ4v) is 31.9. The molecule has 0 bridgehead atoms.